The second kappa shape index (κ2) is 11.7. The molecule has 33 heavy (non-hydrogen) atoms. The fraction of sp³-hybridized carbons (Fsp3) is 0.474. The Morgan fingerprint density at radius 3 is 2.27 bits per heavy atom. The van der Waals surface area contributed by atoms with Gasteiger partial charge >= 0.3 is 18.1 Å². The highest BCUT2D eigenvalue weighted by molar-refractivity contribution is 8.14. The standard InChI is InChI=1S/C11H9F3O5.C8H14N4OS/c1-17-9(15)6-18-7-2-4-8(5-3-7)19-10(16)11(12,13)14;9-7(13)8(12-11-5-14-8)6-1-3-10-4-2-6/h2-5H,6H2,1H3;5-6,10,12H,1-4H2,(H2,9,13). The number of primary amides is 1. The van der Waals surface area contributed by atoms with Gasteiger partial charge in [0.2, 0.25) is 0 Å². The number of hydrazone groups is 1. The van der Waals surface area contributed by atoms with Crippen LogP contribution in [0.3, 0.4) is 0 Å². The Kier molecular flexibility index (Phi) is 9.34. The van der Waals surface area contributed by atoms with Crippen LogP contribution in [0, 0.1) is 5.92 Å². The summed E-state index contributed by atoms with van der Waals surface area (Å²) in [5.74, 6) is -3.02. The van der Waals surface area contributed by atoms with Crippen molar-refractivity contribution in [1.29, 1.82) is 0 Å². The molecule has 14 heteroatoms. The van der Waals surface area contributed by atoms with Crippen molar-refractivity contribution in [3.05, 3.63) is 24.3 Å². The topological polar surface area (TPSA) is 141 Å². The molecule has 1 aromatic carbocycles. The highest BCUT2D eigenvalue weighted by Gasteiger charge is 2.47. The molecule has 1 saturated heterocycles. The first-order valence-corrected chi connectivity index (χ1v) is 10.5. The predicted molar refractivity (Wildman–Crippen MR) is 112 cm³/mol. The maximum absolute atomic E-state index is 11.9. The maximum atomic E-state index is 11.9. The molecule has 1 unspecified atom stereocenters. The number of hydrogen-bond donors (Lipinski definition) is 3. The van der Waals surface area contributed by atoms with Gasteiger partial charge in [-0.15, -0.1) is 0 Å². The lowest BCUT2D eigenvalue weighted by Gasteiger charge is -2.35. The second-order valence-corrected chi connectivity index (χ2v) is 7.90. The van der Waals surface area contributed by atoms with Gasteiger partial charge in [0.05, 0.1) is 12.7 Å². The Hall–Kier alpha value is -3.00. The fourth-order valence-corrected chi connectivity index (χ4v) is 3.88. The van der Waals surface area contributed by atoms with E-state index in [1.54, 1.807) is 5.55 Å². The summed E-state index contributed by atoms with van der Waals surface area (Å²) in [4.78, 5) is 32.1. The molecule has 3 rings (SSSR count). The SMILES string of the molecule is COC(=O)COc1ccc(OC(=O)C(F)(F)F)cc1.NC(=O)C1(C2CCNCC2)NN=CS1. The highest BCUT2D eigenvalue weighted by Crippen LogP contribution is 2.37. The second-order valence-electron chi connectivity index (χ2n) is 6.81. The van der Waals surface area contributed by atoms with Gasteiger partial charge in [-0.1, -0.05) is 11.8 Å². The van der Waals surface area contributed by atoms with E-state index in [9.17, 15) is 27.6 Å². The molecule has 2 heterocycles. The normalized spacial score (nSPS) is 20.1. The molecule has 0 bridgehead atoms. The summed E-state index contributed by atoms with van der Waals surface area (Å²) in [6.07, 6.45) is -3.13. The lowest BCUT2D eigenvalue weighted by Crippen LogP contribution is -2.56. The van der Waals surface area contributed by atoms with E-state index in [1.165, 1.54) is 31.0 Å². The number of amides is 1. The molecular formula is C19H23F3N4O6S. The molecule has 1 aromatic rings. The molecular weight excluding hydrogens is 469 g/mol. The van der Waals surface area contributed by atoms with Crippen LogP contribution in [0.25, 0.3) is 0 Å². The predicted octanol–water partition coefficient (Wildman–Crippen LogP) is 1.15. The molecule has 0 radical (unpaired) electrons. The molecule has 0 spiro atoms. The van der Waals surface area contributed by atoms with Crippen molar-refractivity contribution >= 4 is 35.2 Å². The summed E-state index contributed by atoms with van der Waals surface area (Å²) in [7, 11) is 1.19. The van der Waals surface area contributed by atoms with Gasteiger partial charge < -0.3 is 25.3 Å². The van der Waals surface area contributed by atoms with E-state index in [-0.39, 0.29) is 29.9 Å². The van der Waals surface area contributed by atoms with E-state index in [4.69, 9.17) is 10.5 Å². The van der Waals surface area contributed by atoms with Crippen molar-refractivity contribution in [2.75, 3.05) is 26.8 Å². The smallest absolute Gasteiger partial charge is 0.482 e. The minimum absolute atomic E-state index is 0.220. The van der Waals surface area contributed by atoms with Crippen LogP contribution in [0.2, 0.25) is 0 Å². The van der Waals surface area contributed by atoms with Gasteiger partial charge in [-0.3, -0.25) is 10.2 Å². The minimum atomic E-state index is -5.06. The summed E-state index contributed by atoms with van der Waals surface area (Å²) in [6, 6.07) is 4.72. The monoisotopic (exact) mass is 492 g/mol. The van der Waals surface area contributed by atoms with Crippen molar-refractivity contribution in [2.45, 2.75) is 23.9 Å². The number of thioether (sulfide) groups is 1. The lowest BCUT2D eigenvalue weighted by atomic mass is 9.89. The number of halogens is 3. The largest absolute Gasteiger partial charge is 0.491 e. The third-order valence-corrected chi connectivity index (χ3v) is 5.86. The van der Waals surface area contributed by atoms with E-state index < -0.39 is 23.0 Å². The summed E-state index contributed by atoms with van der Waals surface area (Å²) in [5.41, 5.74) is 9.97. The number of esters is 2. The first-order valence-electron chi connectivity index (χ1n) is 9.64. The van der Waals surface area contributed by atoms with E-state index in [2.05, 4.69) is 25.3 Å². The zero-order valence-corrected chi connectivity index (χ0v) is 18.3. The third kappa shape index (κ3) is 7.53. The zero-order chi connectivity index (χ0) is 24.5. The van der Waals surface area contributed by atoms with Crippen LogP contribution in [-0.2, 0) is 19.1 Å². The minimum Gasteiger partial charge on any atom is -0.482 e. The van der Waals surface area contributed by atoms with Crippen LogP contribution in [0.5, 0.6) is 11.5 Å². The Balaban J connectivity index is 0.000000243. The molecule has 182 valence electrons. The van der Waals surface area contributed by atoms with Crippen molar-refractivity contribution < 1.29 is 41.8 Å². The molecule has 0 aliphatic carbocycles. The number of methoxy groups -OCH3 is 1. The molecule has 2 aliphatic rings. The highest BCUT2D eigenvalue weighted by atomic mass is 32.2. The quantitative estimate of drug-likeness (QED) is 0.394. The van der Waals surface area contributed by atoms with Gasteiger partial charge in [0.25, 0.3) is 5.91 Å². The lowest BCUT2D eigenvalue weighted by molar-refractivity contribution is -0.189. The summed E-state index contributed by atoms with van der Waals surface area (Å²) >= 11 is 1.40. The third-order valence-electron chi connectivity index (χ3n) is 4.65. The van der Waals surface area contributed by atoms with Gasteiger partial charge in [-0.05, 0) is 50.2 Å². The fourth-order valence-electron chi connectivity index (χ4n) is 2.96. The molecule has 1 amide bonds. The van der Waals surface area contributed by atoms with Crippen LogP contribution in [-0.4, -0.2) is 61.2 Å². The summed E-state index contributed by atoms with van der Waals surface area (Å²) in [5, 5.41) is 7.16. The van der Waals surface area contributed by atoms with Crippen LogP contribution >= 0.6 is 11.8 Å². The number of hydrogen-bond acceptors (Lipinski definition) is 10. The molecule has 1 fully saturated rings. The number of nitrogens with one attached hydrogen (secondary N) is 2. The number of alkyl halides is 3. The van der Waals surface area contributed by atoms with E-state index in [1.807, 2.05) is 0 Å². The van der Waals surface area contributed by atoms with Gasteiger partial charge in [0.1, 0.15) is 11.5 Å². The van der Waals surface area contributed by atoms with E-state index in [0.29, 0.717) is 0 Å². The van der Waals surface area contributed by atoms with E-state index >= 15 is 0 Å². The number of nitrogens with two attached hydrogens (primary N) is 1. The zero-order valence-electron chi connectivity index (χ0n) is 17.5. The number of rotatable bonds is 6. The number of benzene rings is 1. The molecule has 4 N–H and O–H groups in total. The summed E-state index contributed by atoms with van der Waals surface area (Å²) in [6.45, 7) is 1.56. The average Bonchev–Trinajstić information content (AvgIpc) is 3.30. The van der Waals surface area contributed by atoms with Crippen molar-refractivity contribution in [3.8, 4) is 11.5 Å². The Labute approximate surface area is 191 Å². The molecule has 0 aromatic heterocycles. The Bertz CT molecular complexity index is 852. The first-order chi connectivity index (χ1) is 15.6. The number of nitrogens with zero attached hydrogens (tertiary/aromatic N) is 1. The van der Waals surface area contributed by atoms with Crippen molar-refractivity contribution in [1.82, 2.24) is 10.7 Å². The van der Waals surface area contributed by atoms with E-state index in [0.717, 1.165) is 38.1 Å². The van der Waals surface area contributed by atoms with Gasteiger partial charge in [0, 0.05) is 5.92 Å². The number of piperidine rings is 1. The summed E-state index contributed by atoms with van der Waals surface area (Å²) < 4.78 is 49.1. The molecule has 2 aliphatic heterocycles. The van der Waals surface area contributed by atoms with Crippen molar-refractivity contribution in [2.24, 2.45) is 16.8 Å². The number of carbonyl (C=O) groups excluding carboxylic acids is 3. The first kappa shape index (κ1) is 26.3. The van der Waals surface area contributed by atoms with Crippen LogP contribution in [0.15, 0.2) is 29.4 Å². The Morgan fingerprint density at radius 2 is 1.79 bits per heavy atom. The van der Waals surface area contributed by atoms with Gasteiger partial charge in [-0.2, -0.15) is 18.3 Å². The van der Waals surface area contributed by atoms with Crippen molar-refractivity contribution in [3.63, 3.8) is 0 Å². The maximum Gasteiger partial charge on any atom is 0.491 e. The van der Waals surface area contributed by atoms with Gasteiger partial charge in [0.15, 0.2) is 11.5 Å². The van der Waals surface area contributed by atoms with Crippen LogP contribution < -0.4 is 25.9 Å². The van der Waals surface area contributed by atoms with Crippen LogP contribution in [0.1, 0.15) is 12.8 Å². The van der Waals surface area contributed by atoms with Crippen LogP contribution in [0.4, 0.5) is 13.2 Å². The Morgan fingerprint density at radius 1 is 1.18 bits per heavy atom. The number of carbonyl (C=O) groups is 3. The average molecular weight is 492 g/mol. The molecule has 1 atom stereocenters. The number of ether oxygens (including phenoxy) is 3. The van der Waals surface area contributed by atoms with Gasteiger partial charge in [-0.25, -0.2) is 9.59 Å². The molecule has 0 saturated carbocycles. The molecule has 10 nitrogen and oxygen atoms in total.